The van der Waals surface area contributed by atoms with Gasteiger partial charge in [0.1, 0.15) is 6.54 Å². The standard InChI is InChI=1S/C23H22N4O6/c28-20(13-16-5-2-1-3-6-16)24-9-4-10-25(12-11-24)21(29)15-26-22(30)18-8-7-17(27(32)33)14-19(18)23(26)31/h1-3,5-8,14H,4,9-13,15H2. The summed E-state index contributed by atoms with van der Waals surface area (Å²) in [6.07, 6.45) is 0.872. The summed E-state index contributed by atoms with van der Waals surface area (Å²) in [5.74, 6) is -1.79. The second kappa shape index (κ2) is 9.19. The molecular weight excluding hydrogens is 428 g/mol. The molecule has 0 bridgehead atoms. The first-order chi connectivity index (χ1) is 15.8. The third-order valence-corrected chi connectivity index (χ3v) is 5.86. The van der Waals surface area contributed by atoms with Crippen LogP contribution in [0, 0.1) is 10.1 Å². The Hall–Kier alpha value is -4.08. The molecule has 0 aromatic heterocycles. The fourth-order valence-electron chi connectivity index (χ4n) is 4.07. The summed E-state index contributed by atoms with van der Waals surface area (Å²) in [5, 5.41) is 11.0. The Bertz CT molecular complexity index is 1130. The Morgan fingerprint density at radius 1 is 0.848 bits per heavy atom. The number of imide groups is 1. The van der Waals surface area contributed by atoms with Gasteiger partial charge in [-0.1, -0.05) is 30.3 Å². The molecule has 170 valence electrons. The molecule has 0 saturated carbocycles. The number of carbonyl (C=O) groups is 4. The van der Waals surface area contributed by atoms with Gasteiger partial charge in [0, 0.05) is 38.3 Å². The molecule has 10 heteroatoms. The summed E-state index contributed by atoms with van der Waals surface area (Å²) in [6, 6.07) is 12.9. The minimum absolute atomic E-state index is 0.0163. The van der Waals surface area contributed by atoms with Crippen molar-refractivity contribution in [3.63, 3.8) is 0 Å². The van der Waals surface area contributed by atoms with Gasteiger partial charge in [-0.15, -0.1) is 0 Å². The van der Waals surface area contributed by atoms with Crippen molar-refractivity contribution in [1.82, 2.24) is 14.7 Å². The van der Waals surface area contributed by atoms with Gasteiger partial charge in [-0.25, -0.2) is 0 Å². The van der Waals surface area contributed by atoms with E-state index in [4.69, 9.17) is 0 Å². The van der Waals surface area contributed by atoms with Gasteiger partial charge < -0.3 is 9.80 Å². The molecule has 0 unspecified atom stereocenters. The summed E-state index contributed by atoms with van der Waals surface area (Å²) in [4.78, 5) is 65.2. The molecule has 0 N–H and O–H groups in total. The number of amides is 4. The molecule has 4 rings (SSSR count). The number of benzene rings is 2. The van der Waals surface area contributed by atoms with Gasteiger partial charge in [0.15, 0.2) is 0 Å². The monoisotopic (exact) mass is 450 g/mol. The van der Waals surface area contributed by atoms with E-state index in [0.29, 0.717) is 32.6 Å². The first-order valence-electron chi connectivity index (χ1n) is 10.6. The van der Waals surface area contributed by atoms with Crippen LogP contribution in [-0.2, 0) is 16.0 Å². The second-order valence-corrected chi connectivity index (χ2v) is 7.96. The van der Waals surface area contributed by atoms with Crippen molar-refractivity contribution in [3.8, 4) is 0 Å². The molecule has 2 aliphatic heterocycles. The van der Waals surface area contributed by atoms with Crippen molar-refractivity contribution in [2.75, 3.05) is 32.7 Å². The predicted octanol–water partition coefficient (Wildman–Crippen LogP) is 1.49. The molecule has 1 saturated heterocycles. The Kier molecular flexibility index (Phi) is 6.16. The van der Waals surface area contributed by atoms with Gasteiger partial charge in [-0.05, 0) is 18.1 Å². The number of non-ortho nitro benzene ring substituents is 1. The van der Waals surface area contributed by atoms with E-state index < -0.39 is 29.2 Å². The van der Waals surface area contributed by atoms with Gasteiger partial charge in [0.05, 0.1) is 22.5 Å². The molecule has 2 aliphatic rings. The Morgan fingerprint density at radius 2 is 1.48 bits per heavy atom. The van der Waals surface area contributed by atoms with Crippen LogP contribution in [0.25, 0.3) is 0 Å². The quantitative estimate of drug-likeness (QED) is 0.387. The van der Waals surface area contributed by atoms with E-state index in [0.717, 1.165) is 22.6 Å². The molecule has 2 heterocycles. The molecule has 0 atom stereocenters. The van der Waals surface area contributed by atoms with Crippen LogP contribution in [0.4, 0.5) is 5.69 Å². The van der Waals surface area contributed by atoms with Gasteiger partial charge in [0.25, 0.3) is 17.5 Å². The van der Waals surface area contributed by atoms with Crippen LogP contribution in [0.1, 0.15) is 32.7 Å². The maximum absolute atomic E-state index is 12.9. The van der Waals surface area contributed by atoms with Gasteiger partial charge >= 0.3 is 0 Å². The molecule has 1 fully saturated rings. The molecular formula is C23H22N4O6. The molecule has 0 aliphatic carbocycles. The van der Waals surface area contributed by atoms with E-state index >= 15 is 0 Å². The number of carbonyl (C=O) groups excluding carboxylic acids is 4. The Labute approximate surface area is 189 Å². The average molecular weight is 450 g/mol. The molecule has 2 aromatic carbocycles. The van der Waals surface area contributed by atoms with Crippen molar-refractivity contribution in [1.29, 1.82) is 0 Å². The minimum atomic E-state index is -0.721. The lowest BCUT2D eigenvalue weighted by Gasteiger charge is -2.24. The minimum Gasteiger partial charge on any atom is -0.341 e. The summed E-state index contributed by atoms with van der Waals surface area (Å²) in [7, 11) is 0. The van der Waals surface area contributed by atoms with Gasteiger partial charge in [-0.2, -0.15) is 0 Å². The SMILES string of the molecule is O=C(Cc1ccccc1)N1CCCN(C(=O)CN2C(=O)c3ccc([N+](=O)[O-])cc3C2=O)CC1. The lowest BCUT2D eigenvalue weighted by molar-refractivity contribution is -0.384. The van der Waals surface area contributed by atoms with E-state index in [1.807, 2.05) is 30.3 Å². The van der Waals surface area contributed by atoms with Crippen LogP contribution >= 0.6 is 0 Å². The first kappa shape index (κ1) is 22.1. The summed E-state index contributed by atoms with van der Waals surface area (Å²) in [5.41, 5.74) is 0.601. The van der Waals surface area contributed by atoms with Crippen LogP contribution in [0.3, 0.4) is 0 Å². The van der Waals surface area contributed by atoms with Gasteiger partial charge in [-0.3, -0.25) is 34.2 Å². The fourth-order valence-corrected chi connectivity index (χ4v) is 4.07. The van der Waals surface area contributed by atoms with Gasteiger partial charge in [0.2, 0.25) is 11.8 Å². The molecule has 10 nitrogen and oxygen atoms in total. The predicted molar refractivity (Wildman–Crippen MR) is 116 cm³/mol. The van der Waals surface area contributed by atoms with Crippen LogP contribution < -0.4 is 0 Å². The molecule has 4 amide bonds. The zero-order valence-corrected chi connectivity index (χ0v) is 17.8. The van der Waals surface area contributed by atoms with E-state index in [9.17, 15) is 29.3 Å². The van der Waals surface area contributed by atoms with Crippen molar-refractivity contribution in [2.24, 2.45) is 0 Å². The number of hydrogen-bond donors (Lipinski definition) is 0. The van der Waals surface area contributed by atoms with Crippen molar-refractivity contribution < 1.29 is 24.1 Å². The van der Waals surface area contributed by atoms with E-state index in [1.165, 1.54) is 6.07 Å². The highest BCUT2D eigenvalue weighted by molar-refractivity contribution is 6.22. The lowest BCUT2D eigenvalue weighted by atomic mass is 10.1. The van der Waals surface area contributed by atoms with E-state index in [1.54, 1.807) is 9.80 Å². The van der Waals surface area contributed by atoms with Crippen LogP contribution in [-0.4, -0.2) is 76.0 Å². The third-order valence-electron chi connectivity index (χ3n) is 5.86. The van der Waals surface area contributed by atoms with Crippen LogP contribution in [0.15, 0.2) is 48.5 Å². The largest absolute Gasteiger partial charge is 0.341 e. The lowest BCUT2D eigenvalue weighted by Crippen LogP contribution is -2.44. The average Bonchev–Trinajstić information content (AvgIpc) is 2.97. The Balaban J connectivity index is 1.37. The topological polar surface area (TPSA) is 121 Å². The first-order valence-corrected chi connectivity index (χ1v) is 10.6. The van der Waals surface area contributed by atoms with Crippen molar-refractivity contribution in [3.05, 3.63) is 75.3 Å². The highest BCUT2D eigenvalue weighted by Gasteiger charge is 2.38. The third kappa shape index (κ3) is 4.59. The van der Waals surface area contributed by atoms with E-state index in [2.05, 4.69) is 0 Å². The van der Waals surface area contributed by atoms with Crippen molar-refractivity contribution in [2.45, 2.75) is 12.8 Å². The maximum Gasteiger partial charge on any atom is 0.270 e. The molecule has 0 spiro atoms. The zero-order chi connectivity index (χ0) is 23.5. The van der Waals surface area contributed by atoms with E-state index in [-0.39, 0.29) is 29.1 Å². The zero-order valence-electron chi connectivity index (χ0n) is 17.8. The number of nitro groups is 1. The highest BCUT2D eigenvalue weighted by Crippen LogP contribution is 2.26. The number of fused-ring (bicyclic) bond motifs is 1. The Morgan fingerprint density at radius 3 is 2.15 bits per heavy atom. The fraction of sp³-hybridized carbons (Fsp3) is 0.304. The van der Waals surface area contributed by atoms with Crippen LogP contribution in [0.2, 0.25) is 0 Å². The highest BCUT2D eigenvalue weighted by atomic mass is 16.6. The van der Waals surface area contributed by atoms with Crippen LogP contribution in [0.5, 0.6) is 0 Å². The molecule has 33 heavy (non-hydrogen) atoms. The summed E-state index contributed by atoms with van der Waals surface area (Å²) in [6.45, 7) is 1.15. The smallest absolute Gasteiger partial charge is 0.270 e. The second-order valence-electron chi connectivity index (χ2n) is 7.96. The number of hydrogen-bond acceptors (Lipinski definition) is 6. The maximum atomic E-state index is 12.9. The number of nitro benzene ring substituents is 1. The normalized spacial score (nSPS) is 15.9. The summed E-state index contributed by atoms with van der Waals surface area (Å²) >= 11 is 0. The molecule has 0 radical (unpaired) electrons. The summed E-state index contributed by atoms with van der Waals surface area (Å²) < 4.78 is 0. The number of nitrogens with zero attached hydrogens (tertiary/aromatic N) is 4. The molecule has 2 aromatic rings. The van der Waals surface area contributed by atoms with Crippen molar-refractivity contribution >= 4 is 29.3 Å². The number of rotatable bonds is 5.